The van der Waals surface area contributed by atoms with Gasteiger partial charge in [0.25, 0.3) is 0 Å². The van der Waals surface area contributed by atoms with Crippen molar-refractivity contribution >= 4 is 22.4 Å². The second kappa shape index (κ2) is 5.95. The van der Waals surface area contributed by atoms with E-state index in [1.165, 1.54) is 19.5 Å². The molecule has 0 spiro atoms. The van der Waals surface area contributed by atoms with E-state index in [4.69, 9.17) is 4.74 Å². The smallest absolute Gasteiger partial charge is 0.419 e. The monoisotopic (exact) mass is 337 g/mol. The molecule has 0 bridgehead atoms. The van der Waals surface area contributed by atoms with Crippen LogP contribution in [0.5, 0.6) is 5.75 Å². The molecular formula is C16H11F4N3O. The zero-order valence-corrected chi connectivity index (χ0v) is 12.4. The van der Waals surface area contributed by atoms with Crippen molar-refractivity contribution < 1.29 is 22.3 Å². The van der Waals surface area contributed by atoms with Crippen LogP contribution in [-0.2, 0) is 6.18 Å². The van der Waals surface area contributed by atoms with Crippen molar-refractivity contribution in [2.24, 2.45) is 0 Å². The van der Waals surface area contributed by atoms with Crippen molar-refractivity contribution in [3.8, 4) is 5.75 Å². The molecule has 3 rings (SSSR count). The van der Waals surface area contributed by atoms with Crippen molar-refractivity contribution in [2.45, 2.75) is 6.18 Å². The van der Waals surface area contributed by atoms with E-state index in [0.29, 0.717) is 28.5 Å². The first-order valence-corrected chi connectivity index (χ1v) is 6.81. The molecule has 1 heterocycles. The summed E-state index contributed by atoms with van der Waals surface area (Å²) in [6.07, 6.45) is -3.50. The Bertz CT molecular complexity index is 896. The minimum Gasteiger partial charge on any atom is -0.497 e. The van der Waals surface area contributed by atoms with Crippen LogP contribution >= 0.6 is 0 Å². The molecule has 0 unspecified atom stereocenters. The van der Waals surface area contributed by atoms with Crippen molar-refractivity contribution in [3.63, 3.8) is 0 Å². The number of alkyl halides is 3. The molecule has 0 aliphatic heterocycles. The van der Waals surface area contributed by atoms with Gasteiger partial charge in [0, 0.05) is 11.1 Å². The molecule has 0 aliphatic carbocycles. The number of rotatable bonds is 3. The van der Waals surface area contributed by atoms with E-state index in [1.54, 1.807) is 18.2 Å². The van der Waals surface area contributed by atoms with Crippen LogP contribution in [0.4, 0.5) is 29.1 Å². The van der Waals surface area contributed by atoms with Crippen molar-refractivity contribution in [3.05, 3.63) is 54.1 Å². The van der Waals surface area contributed by atoms with E-state index in [2.05, 4.69) is 15.3 Å². The minimum atomic E-state index is -4.78. The fraction of sp³-hybridized carbons (Fsp3) is 0.125. The van der Waals surface area contributed by atoms with Crippen LogP contribution < -0.4 is 10.1 Å². The zero-order valence-electron chi connectivity index (χ0n) is 12.4. The Kier molecular flexibility index (Phi) is 3.96. The molecule has 0 aliphatic rings. The number of nitrogens with zero attached hydrogens (tertiary/aromatic N) is 2. The lowest BCUT2D eigenvalue weighted by Crippen LogP contribution is -2.08. The second-order valence-electron chi connectivity index (χ2n) is 4.92. The molecule has 0 saturated carbocycles. The first kappa shape index (κ1) is 16.0. The van der Waals surface area contributed by atoms with E-state index in [1.807, 2.05) is 0 Å². The van der Waals surface area contributed by atoms with Gasteiger partial charge in [0.2, 0.25) is 0 Å². The fourth-order valence-electron chi connectivity index (χ4n) is 2.22. The van der Waals surface area contributed by atoms with Crippen LogP contribution in [0.3, 0.4) is 0 Å². The van der Waals surface area contributed by atoms with Crippen LogP contribution in [0.2, 0.25) is 0 Å². The van der Waals surface area contributed by atoms with Gasteiger partial charge in [0.1, 0.15) is 23.7 Å². The number of methoxy groups -OCH3 is 1. The maximum Gasteiger partial charge on any atom is 0.419 e. The summed E-state index contributed by atoms with van der Waals surface area (Å²) in [6, 6.07) is 7.73. The SMILES string of the molecule is COc1ccc2ncnc(Nc3ccc(F)c(C(F)(F)F)c3)c2c1. The number of hydrogen-bond acceptors (Lipinski definition) is 4. The molecule has 0 amide bonds. The Labute approximate surface area is 134 Å². The number of ether oxygens (including phenoxy) is 1. The summed E-state index contributed by atoms with van der Waals surface area (Å²) in [5, 5.41) is 3.33. The van der Waals surface area contributed by atoms with Crippen molar-refractivity contribution in [1.29, 1.82) is 0 Å². The Morgan fingerprint density at radius 3 is 2.54 bits per heavy atom. The molecule has 1 N–H and O–H groups in total. The van der Waals surface area contributed by atoms with Gasteiger partial charge in [-0.05, 0) is 36.4 Å². The third-order valence-electron chi connectivity index (χ3n) is 3.38. The van der Waals surface area contributed by atoms with Crippen LogP contribution in [0.25, 0.3) is 10.9 Å². The summed E-state index contributed by atoms with van der Waals surface area (Å²) < 4.78 is 56.9. The molecule has 2 aromatic carbocycles. The van der Waals surface area contributed by atoms with Crippen LogP contribution in [0.1, 0.15) is 5.56 Å². The quantitative estimate of drug-likeness (QED) is 0.713. The Hall–Kier alpha value is -2.90. The molecule has 0 atom stereocenters. The number of anilines is 2. The number of halogens is 4. The van der Waals surface area contributed by atoms with Crippen molar-refractivity contribution in [1.82, 2.24) is 9.97 Å². The number of fused-ring (bicyclic) bond motifs is 1. The van der Waals surface area contributed by atoms with Crippen LogP contribution in [0.15, 0.2) is 42.7 Å². The molecule has 8 heteroatoms. The van der Waals surface area contributed by atoms with Gasteiger partial charge in [-0.3, -0.25) is 0 Å². The maximum atomic E-state index is 13.4. The summed E-state index contributed by atoms with van der Waals surface area (Å²) in [6.45, 7) is 0. The maximum absolute atomic E-state index is 13.4. The van der Waals surface area contributed by atoms with Gasteiger partial charge in [-0.1, -0.05) is 0 Å². The lowest BCUT2D eigenvalue weighted by Gasteiger charge is -2.12. The van der Waals surface area contributed by atoms with Crippen molar-refractivity contribution in [2.75, 3.05) is 12.4 Å². The number of benzene rings is 2. The number of hydrogen-bond donors (Lipinski definition) is 1. The Balaban J connectivity index is 2.04. The highest BCUT2D eigenvalue weighted by Gasteiger charge is 2.34. The van der Waals surface area contributed by atoms with Crippen LogP contribution in [0, 0.1) is 5.82 Å². The Morgan fingerprint density at radius 1 is 1.04 bits per heavy atom. The zero-order chi connectivity index (χ0) is 17.3. The molecule has 0 fully saturated rings. The normalized spacial score (nSPS) is 11.5. The van der Waals surface area contributed by atoms with Gasteiger partial charge >= 0.3 is 6.18 Å². The average molecular weight is 337 g/mol. The van der Waals surface area contributed by atoms with E-state index in [9.17, 15) is 17.6 Å². The first-order chi connectivity index (χ1) is 11.4. The molecule has 0 radical (unpaired) electrons. The molecule has 3 aromatic rings. The molecule has 124 valence electrons. The Morgan fingerprint density at radius 2 is 1.83 bits per heavy atom. The van der Waals surface area contributed by atoms with Gasteiger partial charge in [-0.2, -0.15) is 13.2 Å². The third-order valence-corrected chi connectivity index (χ3v) is 3.38. The second-order valence-corrected chi connectivity index (χ2v) is 4.92. The third kappa shape index (κ3) is 3.08. The topological polar surface area (TPSA) is 47.0 Å². The highest BCUT2D eigenvalue weighted by molar-refractivity contribution is 5.91. The summed E-state index contributed by atoms with van der Waals surface area (Å²) in [5.74, 6) is -0.490. The summed E-state index contributed by atoms with van der Waals surface area (Å²) in [7, 11) is 1.49. The largest absolute Gasteiger partial charge is 0.497 e. The lowest BCUT2D eigenvalue weighted by atomic mass is 10.1. The van der Waals surface area contributed by atoms with Gasteiger partial charge in [-0.15, -0.1) is 0 Å². The van der Waals surface area contributed by atoms with Gasteiger partial charge in [0.15, 0.2) is 0 Å². The minimum absolute atomic E-state index is 0.0616. The van der Waals surface area contributed by atoms with E-state index in [-0.39, 0.29) is 5.69 Å². The fourth-order valence-corrected chi connectivity index (χ4v) is 2.22. The summed E-state index contributed by atoms with van der Waals surface area (Å²) in [4.78, 5) is 8.12. The van der Waals surface area contributed by atoms with E-state index in [0.717, 1.165) is 6.07 Å². The van der Waals surface area contributed by atoms with Gasteiger partial charge in [-0.25, -0.2) is 14.4 Å². The lowest BCUT2D eigenvalue weighted by molar-refractivity contribution is -0.139. The number of nitrogens with one attached hydrogen (secondary N) is 1. The predicted octanol–water partition coefficient (Wildman–Crippen LogP) is 4.54. The molecule has 1 aromatic heterocycles. The van der Waals surface area contributed by atoms with Crippen LogP contribution in [-0.4, -0.2) is 17.1 Å². The molecule has 24 heavy (non-hydrogen) atoms. The predicted molar refractivity (Wildman–Crippen MR) is 80.8 cm³/mol. The highest BCUT2D eigenvalue weighted by Crippen LogP contribution is 2.34. The summed E-state index contributed by atoms with van der Waals surface area (Å²) in [5.41, 5.74) is -0.693. The first-order valence-electron chi connectivity index (χ1n) is 6.81. The van der Waals surface area contributed by atoms with E-state index < -0.39 is 17.6 Å². The average Bonchev–Trinajstić information content (AvgIpc) is 2.55. The summed E-state index contributed by atoms with van der Waals surface area (Å²) >= 11 is 0. The van der Waals surface area contributed by atoms with E-state index >= 15 is 0 Å². The number of aromatic nitrogens is 2. The molecule has 0 saturated heterocycles. The molecule has 4 nitrogen and oxygen atoms in total. The standard InChI is InChI=1S/C16H11F4N3O/c1-24-10-3-5-14-11(7-10)15(22-8-21-14)23-9-2-4-13(17)12(6-9)16(18,19)20/h2-8H,1H3,(H,21,22,23). The van der Waals surface area contributed by atoms with Gasteiger partial charge < -0.3 is 10.1 Å². The van der Waals surface area contributed by atoms with Gasteiger partial charge in [0.05, 0.1) is 18.2 Å². The highest BCUT2D eigenvalue weighted by atomic mass is 19.4. The molecular weight excluding hydrogens is 326 g/mol.